The van der Waals surface area contributed by atoms with Gasteiger partial charge in [-0.3, -0.25) is 0 Å². The van der Waals surface area contributed by atoms with Gasteiger partial charge in [0.25, 0.3) is 0 Å². The molecule has 0 bridgehead atoms. The summed E-state index contributed by atoms with van der Waals surface area (Å²) in [6.45, 7) is 0. The minimum atomic E-state index is -0.0496. The first-order chi connectivity index (χ1) is 13.3. The van der Waals surface area contributed by atoms with E-state index in [9.17, 15) is 10.5 Å². The highest BCUT2D eigenvalue weighted by atomic mass is 16.3. The molecular formula is C24H19N2O+. The largest absolute Gasteiger partial charge is 0.501 e. The number of nitrogens with zero attached hydrogens (tertiary/aromatic N) is 2. The average Bonchev–Trinajstić information content (AvgIpc) is 2.74. The van der Waals surface area contributed by atoms with Gasteiger partial charge in [-0.05, 0) is 36.2 Å². The van der Waals surface area contributed by atoms with Gasteiger partial charge in [-0.1, -0.05) is 72.5 Å². The van der Waals surface area contributed by atoms with Gasteiger partial charge < -0.3 is 5.11 Å². The molecule has 0 aliphatic heterocycles. The first-order valence-electron chi connectivity index (χ1n) is 8.75. The lowest BCUT2D eigenvalue weighted by molar-refractivity contribution is 0.505. The lowest BCUT2D eigenvalue weighted by Gasteiger charge is -2.02. The molecule has 3 aromatic rings. The maximum Gasteiger partial charge on any atom is 0.403 e. The fourth-order valence-corrected chi connectivity index (χ4v) is 2.74. The van der Waals surface area contributed by atoms with Crippen LogP contribution in [0.1, 0.15) is 28.7 Å². The first-order valence-corrected chi connectivity index (χ1v) is 8.75. The highest BCUT2D eigenvalue weighted by Gasteiger charge is 2.21. The lowest BCUT2D eigenvalue weighted by Crippen LogP contribution is -1.95. The molecule has 27 heavy (non-hydrogen) atoms. The molecule has 130 valence electrons. The molecule has 0 spiro atoms. The molecule has 3 heteroatoms. The van der Waals surface area contributed by atoms with Crippen LogP contribution in [0.4, 0.5) is 0 Å². The highest BCUT2D eigenvalue weighted by Crippen LogP contribution is 2.24. The van der Waals surface area contributed by atoms with Crippen LogP contribution in [0.15, 0.2) is 90.6 Å². The van der Waals surface area contributed by atoms with Crippen molar-refractivity contribution in [2.45, 2.75) is 12.8 Å². The summed E-state index contributed by atoms with van der Waals surface area (Å²) in [4.78, 5) is 3.32. The minimum absolute atomic E-state index is 0.0496. The SMILES string of the molecule is N#[N+]/C(CCc1ccccc1)=C(/O)c1ccccc1C#Cc1ccccc1. The van der Waals surface area contributed by atoms with Crippen LogP contribution in [0.3, 0.4) is 0 Å². The number of diazo groups is 1. The molecule has 0 aromatic heterocycles. The summed E-state index contributed by atoms with van der Waals surface area (Å²) < 4.78 is 0. The number of aliphatic hydroxyl groups is 1. The second kappa shape index (κ2) is 9.04. The van der Waals surface area contributed by atoms with Crippen molar-refractivity contribution in [3.8, 4) is 11.8 Å². The number of aryl methyl sites for hydroxylation is 1. The number of hydrogen-bond acceptors (Lipinski definition) is 2. The van der Waals surface area contributed by atoms with Crippen LogP contribution < -0.4 is 0 Å². The predicted octanol–water partition coefficient (Wildman–Crippen LogP) is 5.80. The van der Waals surface area contributed by atoms with E-state index in [4.69, 9.17) is 0 Å². The highest BCUT2D eigenvalue weighted by molar-refractivity contribution is 5.69. The third-order valence-corrected chi connectivity index (χ3v) is 4.18. The molecular weight excluding hydrogens is 332 g/mol. The molecule has 3 rings (SSSR count). The zero-order valence-electron chi connectivity index (χ0n) is 14.8. The maximum atomic E-state index is 10.7. The zero-order chi connectivity index (χ0) is 18.9. The lowest BCUT2D eigenvalue weighted by atomic mass is 10.0. The Morgan fingerprint density at radius 3 is 2.15 bits per heavy atom. The topological polar surface area (TPSA) is 48.4 Å². The van der Waals surface area contributed by atoms with Crippen LogP contribution in [-0.4, -0.2) is 5.11 Å². The summed E-state index contributed by atoms with van der Waals surface area (Å²) in [6.07, 6.45) is 1.09. The number of benzene rings is 3. The van der Waals surface area contributed by atoms with Gasteiger partial charge in [0.1, 0.15) is 0 Å². The summed E-state index contributed by atoms with van der Waals surface area (Å²) in [5.41, 5.74) is 3.49. The third kappa shape index (κ3) is 4.84. The molecule has 0 aliphatic carbocycles. The van der Waals surface area contributed by atoms with Crippen molar-refractivity contribution in [3.63, 3.8) is 0 Å². The van der Waals surface area contributed by atoms with E-state index >= 15 is 0 Å². The predicted molar refractivity (Wildman–Crippen MR) is 108 cm³/mol. The Labute approximate surface area is 159 Å². The Kier molecular flexibility index (Phi) is 6.02. The smallest absolute Gasteiger partial charge is 0.403 e. The Hall–Kier alpha value is -3.82. The number of rotatable bonds is 4. The minimum Gasteiger partial charge on any atom is -0.501 e. The van der Waals surface area contributed by atoms with Gasteiger partial charge in [0.15, 0.2) is 4.98 Å². The molecule has 0 atom stereocenters. The zero-order valence-corrected chi connectivity index (χ0v) is 14.8. The van der Waals surface area contributed by atoms with Gasteiger partial charge in [0.2, 0.25) is 11.2 Å². The molecule has 3 aromatic carbocycles. The standard InChI is InChI=1S/C24H18N2O/c25-26-23(18-16-20-11-5-2-6-12-20)24(27)22-14-8-7-13-21(22)17-15-19-9-3-1-4-10-19/h1-14H,16,18H2/p+1/b24-23+. The molecule has 1 N–H and O–H groups in total. The van der Waals surface area contributed by atoms with Crippen LogP contribution in [0.2, 0.25) is 0 Å². The van der Waals surface area contributed by atoms with Crippen LogP contribution in [-0.2, 0) is 6.42 Å². The van der Waals surface area contributed by atoms with E-state index in [1.165, 1.54) is 0 Å². The Bertz CT molecular complexity index is 1040. The average molecular weight is 351 g/mol. The molecule has 0 aliphatic rings. The van der Waals surface area contributed by atoms with E-state index < -0.39 is 0 Å². The third-order valence-electron chi connectivity index (χ3n) is 4.18. The van der Waals surface area contributed by atoms with Gasteiger partial charge in [-0.2, -0.15) is 0 Å². The number of aliphatic hydroxyl groups excluding tert-OH is 1. The summed E-state index contributed by atoms with van der Waals surface area (Å²) >= 11 is 0. The summed E-state index contributed by atoms with van der Waals surface area (Å²) in [7, 11) is 0. The van der Waals surface area contributed by atoms with Gasteiger partial charge in [-0.25, -0.2) is 0 Å². The maximum absolute atomic E-state index is 10.7. The molecule has 0 saturated heterocycles. The quantitative estimate of drug-likeness (QED) is 0.367. The van der Waals surface area contributed by atoms with Crippen molar-refractivity contribution in [1.29, 1.82) is 5.39 Å². The van der Waals surface area contributed by atoms with E-state index in [0.29, 0.717) is 24.0 Å². The normalized spacial score (nSPS) is 10.9. The molecule has 0 fully saturated rings. The molecule has 0 radical (unpaired) electrons. The van der Waals surface area contributed by atoms with Crippen molar-refractivity contribution < 1.29 is 5.11 Å². The van der Waals surface area contributed by atoms with Crippen LogP contribution >= 0.6 is 0 Å². The Morgan fingerprint density at radius 1 is 0.815 bits per heavy atom. The summed E-state index contributed by atoms with van der Waals surface area (Å²) in [5.74, 6) is 6.14. The van der Waals surface area contributed by atoms with Gasteiger partial charge >= 0.3 is 5.70 Å². The number of hydrogen-bond donors (Lipinski definition) is 1. The second-order valence-corrected chi connectivity index (χ2v) is 6.04. The van der Waals surface area contributed by atoms with Crippen molar-refractivity contribution >= 4 is 5.76 Å². The second-order valence-electron chi connectivity index (χ2n) is 6.04. The van der Waals surface area contributed by atoms with Gasteiger partial charge in [0, 0.05) is 16.7 Å². The van der Waals surface area contributed by atoms with E-state index in [-0.39, 0.29) is 11.5 Å². The van der Waals surface area contributed by atoms with Crippen LogP contribution in [0.25, 0.3) is 10.7 Å². The van der Waals surface area contributed by atoms with Crippen molar-refractivity contribution in [3.05, 3.63) is 118 Å². The molecule has 0 unspecified atom stereocenters. The van der Waals surface area contributed by atoms with Gasteiger partial charge in [0.05, 0.1) is 6.42 Å². The number of allylic oxidation sites excluding steroid dienone is 1. The Morgan fingerprint density at radius 2 is 1.44 bits per heavy atom. The van der Waals surface area contributed by atoms with E-state index in [0.717, 1.165) is 11.1 Å². The molecule has 0 heterocycles. The van der Waals surface area contributed by atoms with Crippen molar-refractivity contribution in [2.75, 3.05) is 0 Å². The molecule has 0 saturated carbocycles. The fraction of sp³-hybridized carbons (Fsp3) is 0.0833. The van der Waals surface area contributed by atoms with E-state index in [1.54, 1.807) is 6.07 Å². The summed E-state index contributed by atoms with van der Waals surface area (Å²) in [6, 6.07) is 26.9. The first kappa shape index (κ1) is 18.0. The fourth-order valence-electron chi connectivity index (χ4n) is 2.74. The molecule has 3 nitrogen and oxygen atoms in total. The molecule has 0 amide bonds. The monoisotopic (exact) mass is 351 g/mol. The van der Waals surface area contributed by atoms with E-state index in [2.05, 4.69) is 16.8 Å². The summed E-state index contributed by atoms with van der Waals surface area (Å²) in [5, 5.41) is 20.1. The van der Waals surface area contributed by atoms with Crippen molar-refractivity contribution in [2.24, 2.45) is 0 Å². The van der Waals surface area contributed by atoms with Gasteiger partial charge in [-0.15, -0.1) is 0 Å². The van der Waals surface area contributed by atoms with Crippen LogP contribution in [0.5, 0.6) is 0 Å². The van der Waals surface area contributed by atoms with Crippen molar-refractivity contribution in [1.82, 2.24) is 0 Å². The Balaban J connectivity index is 1.89. The van der Waals surface area contributed by atoms with E-state index in [1.807, 2.05) is 78.9 Å². The van der Waals surface area contributed by atoms with Crippen LogP contribution in [0, 0.1) is 17.2 Å².